The lowest BCUT2D eigenvalue weighted by atomic mass is 10.2. The van der Waals surface area contributed by atoms with Crippen molar-refractivity contribution in [3.8, 4) is 0 Å². The second kappa shape index (κ2) is 6.34. The van der Waals surface area contributed by atoms with Crippen molar-refractivity contribution in [1.29, 1.82) is 0 Å². The summed E-state index contributed by atoms with van der Waals surface area (Å²) in [5.41, 5.74) is 1.17. The van der Waals surface area contributed by atoms with Gasteiger partial charge < -0.3 is 5.32 Å². The molecule has 0 saturated carbocycles. The molecule has 0 amide bonds. The van der Waals surface area contributed by atoms with Crippen molar-refractivity contribution in [3.05, 3.63) is 54.6 Å². The molecular formula is C13H15N5. The van der Waals surface area contributed by atoms with Crippen LogP contribution in [-0.4, -0.2) is 26.8 Å². The molecule has 0 atom stereocenters. The van der Waals surface area contributed by atoms with E-state index in [-0.39, 0.29) is 0 Å². The topological polar surface area (TPSA) is 55.6 Å². The van der Waals surface area contributed by atoms with Gasteiger partial charge in [-0.1, -0.05) is 53.7 Å². The highest BCUT2D eigenvalue weighted by Gasteiger charge is 2.00. The Kier molecular flexibility index (Phi) is 4.24. The molecule has 0 radical (unpaired) electrons. The van der Waals surface area contributed by atoms with Gasteiger partial charge in [0.2, 0.25) is 5.95 Å². The summed E-state index contributed by atoms with van der Waals surface area (Å²) in [6.07, 6.45) is 5.83. The van der Waals surface area contributed by atoms with Gasteiger partial charge in [-0.2, -0.15) is 0 Å². The maximum absolute atomic E-state index is 3.89. The molecule has 5 nitrogen and oxygen atoms in total. The lowest BCUT2D eigenvalue weighted by molar-refractivity contribution is 0.665. The van der Waals surface area contributed by atoms with Crippen molar-refractivity contribution >= 4 is 12.0 Å². The average molecular weight is 241 g/mol. The number of aromatic nitrogens is 4. The Morgan fingerprint density at radius 2 is 2.11 bits per heavy atom. The van der Waals surface area contributed by atoms with Crippen molar-refractivity contribution in [1.82, 2.24) is 20.2 Å². The number of hydrogen-bond acceptors (Lipinski definition) is 4. The van der Waals surface area contributed by atoms with Crippen LogP contribution in [0, 0.1) is 0 Å². The van der Waals surface area contributed by atoms with E-state index in [2.05, 4.69) is 45.6 Å². The molecule has 0 saturated heterocycles. The third-order valence-electron chi connectivity index (χ3n) is 2.32. The number of rotatable bonds is 6. The summed E-state index contributed by atoms with van der Waals surface area (Å²) in [6, 6.07) is 10.1. The number of benzene rings is 1. The maximum atomic E-state index is 3.89. The third-order valence-corrected chi connectivity index (χ3v) is 2.32. The van der Waals surface area contributed by atoms with Crippen LogP contribution in [0.15, 0.2) is 49.1 Å². The van der Waals surface area contributed by atoms with E-state index in [1.165, 1.54) is 5.56 Å². The maximum Gasteiger partial charge on any atom is 0.243 e. The summed E-state index contributed by atoms with van der Waals surface area (Å²) < 4.78 is 1.66. The first-order chi connectivity index (χ1) is 8.90. The van der Waals surface area contributed by atoms with Crippen molar-refractivity contribution < 1.29 is 0 Å². The Bertz CT molecular complexity index is 515. The first-order valence-electron chi connectivity index (χ1n) is 5.72. The molecule has 2 aromatic rings. The lowest BCUT2D eigenvalue weighted by Gasteiger charge is -2.01. The van der Waals surface area contributed by atoms with Gasteiger partial charge in [0.25, 0.3) is 0 Å². The van der Waals surface area contributed by atoms with Crippen LogP contribution in [0.5, 0.6) is 0 Å². The highest BCUT2D eigenvalue weighted by molar-refractivity contribution is 5.49. The summed E-state index contributed by atoms with van der Waals surface area (Å²) >= 11 is 0. The molecule has 1 heterocycles. The molecule has 1 N–H and O–H groups in total. The molecule has 92 valence electrons. The van der Waals surface area contributed by atoms with Crippen molar-refractivity contribution in [2.45, 2.75) is 6.54 Å². The Morgan fingerprint density at radius 3 is 2.89 bits per heavy atom. The first kappa shape index (κ1) is 12.0. The van der Waals surface area contributed by atoms with Gasteiger partial charge in [-0.25, -0.2) is 4.68 Å². The monoisotopic (exact) mass is 241 g/mol. The van der Waals surface area contributed by atoms with Gasteiger partial charge in [0.1, 0.15) is 0 Å². The molecule has 0 bridgehead atoms. The molecule has 0 aliphatic rings. The summed E-state index contributed by atoms with van der Waals surface area (Å²) in [4.78, 5) is 0. The van der Waals surface area contributed by atoms with Crippen molar-refractivity contribution in [2.75, 3.05) is 11.9 Å². The zero-order chi connectivity index (χ0) is 12.6. The molecule has 0 fully saturated rings. The van der Waals surface area contributed by atoms with Gasteiger partial charge in [-0.05, 0) is 16.0 Å². The summed E-state index contributed by atoms with van der Waals surface area (Å²) in [5, 5.41) is 14.5. The summed E-state index contributed by atoms with van der Waals surface area (Å²) in [7, 11) is 0. The fraction of sp³-hybridized carbons (Fsp3) is 0.154. The minimum atomic E-state index is 0.595. The Balaban J connectivity index is 1.86. The van der Waals surface area contributed by atoms with Gasteiger partial charge in [0, 0.05) is 6.54 Å². The molecular weight excluding hydrogens is 226 g/mol. The number of allylic oxidation sites excluding steroid dienone is 1. The number of hydrogen-bond donors (Lipinski definition) is 1. The Morgan fingerprint density at radius 1 is 1.28 bits per heavy atom. The van der Waals surface area contributed by atoms with E-state index in [0.29, 0.717) is 19.0 Å². The molecule has 5 heteroatoms. The molecule has 0 aliphatic carbocycles. The fourth-order valence-corrected chi connectivity index (χ4v) is 1.49. The zero-order valence-electron chi connectivity index (χ0n) is 10.0. The Labute approximate surface area is 106 Å². The van der Waals surface area contributed by atoms with Crippen LogP contribution in [0.3, 0.4) is 0 Å². The second-order valence-electron chi connectivity index (χ2n) is 3.67. The van der Waals surface area contributed by atoms with Crippen LogP contribution in [0.2, 0.25) is 0 Å². The second-order valence-corrected chi connectivity index (χ2v) is 3.67. The van der Waals surface area contributed by atoms with E-state index in [9.17, 15) is 0 Å². The highest BCUT2D eigenvalue weighted by Crippen LogP contribution is 2.02. The van der Waals surface area contributed by atoms with Gasteiger partial charge in [-0.15, -0.1) is 6.58 Å². The lowest BCUT2D eigenvalue weighted by Crippen LogP contribution is -2.07. The minimum absolute atomic E-state index is 0.595. The SMILES string of the molecule is C=CCn1nnnc1NCC=Cc1ccccc1. The molecule has 18 heavy (non-hydrogen) atoms. The van der Waals surface area contributed by atoms with Crippen LogP contribution in [0.25, 0.3) is 6.08 Å². The minimum Gasteiger partial charge on any atom is -0.350 e. The number of anilines is 1. The van der Waals surface area contributed by atoms with Crippen molar-refractivity contribution in [2.24, 2.45) is 0 Å². The van der Waals surface area contributed by atoms with Gasteiger partial charge in [0.15, 0.2) is 0 Å². The van der Waals surface area contributed by atoms with Crippen LogP contribution in [0.1, 0.15) is 5.56 Å². The van der Waals surface area contributed by atoms with Crippen LogP contribution >= 0.6 is 0 Å². The fourth-order valence-electron chi connectivity index (χ4n) is 1.49. The average Bonchev–Trinajstić information content (AvgIpc) is 2.84. The predicted molar refractivity (Wildman–Crippen MR) is 72.0 cm³/mol. The van der Waals surface area contributed by atoms with Gasteiger partial charge in [0.05, 0.1) is 6.54 Å². The standard InChI is InChI=1S/C13H15N5/c1-2-11-18-13(15-16-17-18)14-10-6-9-12-7-4-3-5-8-12/h2-9H,1,10-11H2,(H,14,15,17). The summed E-state index contributed by atoms with van der Waals surface area (Å²) in [5.74, 6) is 0.646. The predicted octanol–water partition coefficient (Wildman–Crippen LogP) is 1.98. The first-order valence-corrected chi connectivity index (χ1v) is 5.72. The normalized spacial score (nSPS) is 10.7. The highest BCUT2D eigenvalue weighted by atomic mass is 15.6. The van der Waals surface area contributed by atoms with E-state index in [1.807, 2.05) is 24.3 Å². The summed E-state index contributed by atoms with van der Waals surface area (Å²) in [6.45, 7) is 4.92. The quantitative estimate of drug-likeness (QED) is 0.786. The zero-order valence-corrected chi connectivity index (χ0v) is 10.0. The van der Waals surface area contributed by atoms with Crippen molar-refractivity contribution in [3.63, 3.8) is 0 Å². The number of nitrogens with zero attached hydrogens (tertiary/aromatic N) is 4. The molecule has 0 aliphatic heterocycles. The molecule has 0 unspecified atom stereocenters. The van der Waals surface area contributed by atoms with Crippen LogP contribution in [-0.2, 0) is 6.54 Å². The van der Waals surface area contributed by atoms with E-state index < -0.39 is 0 Å². The number of tetrazole rings is 1. The van der Waals surface area contributed by atoms with E-state index in [1.54, 1.807) is 10.8 Å². The number of nitrogens with one attached hydrogen (secondary N) is 1. The molecule has 0 spiro atoms. The molecule has 2 rings (SSSR count). The smallest absolute Gasteiger partial charge is 0.243 e. The van der Waals surface area contributed by atoms with E-state index in [4.69, 9.17) is 0 Å². The molecule has 1 aromatic carbocycles. The van der Waals surface area contributed by atoms with Gasteiger partial charge >= 0.3 is 0 Å². The Hall–Kier alpha value is -2.43. The third kappa shape index (κ3) is 3.28. The van der Waals surface area contributed by atoms with E-state index in [0.717, 1.165) is 0 Å². The largest absolute Gasteiger partial charge is 0.350 e. The van der Waals surface area contributed by atoms with Gasteiger partial charge in [-0.3, -0.25) is 0 Å². The van der Waals surface area contributed by atoms with E-state index >= 15 is 0 Å². The van der Waals surface area contributed by atoms with Crippen LogP contribution < -0.4 is 5.32 Å². The molecule has 1 aromatic heterocycles. The van der Waals surface area contributed by atoms with Crippen LogP contribution in [0.4, 0.5) is 5.95 Å².